The number of fused-ring (bicyclic) bond motifs is 1. The fourth-order valence-corrected chi connectivity index (χ4v) is 3.40. The molecule has 0 fully saturated rings. The van der Waals surface area contributed by atoms with Crippen LogP contribution >= 0.6 is 0 Å². The van der Waals surface area contributed by atoms with Crippen molar-refractivity contribution in [2.45, 2.75) is 19.3 Å². The van der Waals surface area contributed by atoms with Crippen LogP contribution in [0.25, 0.3) is 22.3 Å². The lowest BCUT2D eigenvalue weighted by Gasteiger charge is -2.20. The van der Waals surface area contributed by atoms with E-state index in [4.69, 9.17) is 9.97 Å². The minimum Gasteiger partial charge on any atom is -0.359 e. The zero-order chi connectivity index (χ0) is 19.2. The molecule has 4 heteroatoms. The number of benzene rings is 2. The van der Waals surface area contributed by atoms with Crippen molar-refractivity contribution in [1.29, 1.82) is 0 Å². The van der Waals surface area contributed by atoms with Crippen LogP contribution in [0, 0.1) is 0 Å². The average Bonchev–Trinajstić information content (AvgIpc) is 2.77. The molecule has 0 aliphatic carbocycles. The van der Waals surface area contributed by atoms with Gasteiger partial charge < -0.3 is 4.90 Å². The van der Waals surface area contributed by atoms with Gasteiger partial charge in [-0.05, 0) is 49.1 Å². The number of anilines is 1. The Morgan fingerprint density at radius 3 is 2.46 bits per heavy atom. The van der Waals surface area contributed by atoms with Crippen molar-refractivity contribution >= 4 is 16.7 Å². The molecule has 0 unspecified atom stereocenters. The van der Waals surface area contributed by atoms with Gasteiger partial charge in [-0.3, -0.25) is 4.98 Å². The van der Waals surface area contributed by atoms with Crippen molar-refractivity contribution in [1.82, 2.24) is 15.0 Å². The average molecular weight is 368 g/mol. The standard InChI is InChI=1S/C24H24N4/c1-28(17-8-7-12-19-10-3-2-4-11-19)24-21-14-5-6-15-22(21)26-23(27-24)20-13-9-16-25-18-20/h2-6,9-11,13-16,18H,7-8,12,17H2,1H3. The Morgan fingerprint density at radius 2 is 1.64 bits per heavy atom. The number of para-hydroxylation sites is 1. The van der Waals surface area contributed by atoms with Gasteiger partial charge in [0.1, 0.15) is 5.82 Å². The van der Waals surface area contributed by atoms with E-state index < -0.39 is 0 Å². The van der Waals surface area contributed by atoms with Crippen molar-refractivity contribution in [3.8, 4) is 11.4 Å². The van der Waals surface area contributed by atoms with Crippen LogP contribution in [-0.2, 0) is 6.42 Å². The van der Waals surface area contributed by atoms with Crippen molar-refractivity contribution in [2.75, 3.05) is 18.5 Å². The summed E-state index contributed by atoms with van der Waals surface area (Å²) >= 11 is 0. The number of aryl methyl sites for hydroxylation is 1. The summed E-state index contributed by atoms with van der Waals surface area (Å²) < 4.78 is 0. The predicted octanol–water partition coefficient (Wildman–Crippen LogP) is 5.15. The first-order chi connectivity index (χ1) is 13.8. The van der Waals surface area contributed by atoms with Crippen LogP contribution in [0.3, 0.4) is 0 Å². The smallest absolute Gasteiger partial charge is 0.163 e. The Labute approximate surface area is 165 Å². The number of aromatic nitrogens is 3. The van der Waals surface area contributed by atoms with Gasteiger partial charge in [-0.1, -0.05) is 42.5 Å². The van der Waals surface area contributed by atoms with Gasteiger partial charge in [0.2, 0.25) is 0 Å². The highest BCUT2D eigenvalue weighted by molar-refractivity contribution is 5.90. The van der Waals surface area contributed by atoms with Gasteiger partial charge in [-0.25, -0.2) is 9.97 Å². The molecule has 28 heavy (non-hydrogen) atoms. The number of unbranched alkanes of at least 4 members (excludes halogenated alkanes) is 1. The van der Waals surface area contributed by atoms with E-state index >= 15 is 0 Å². The molecule has 2 aromatic heterocycles. The summed E-state index contributed by atoms with van der Waals surface area (Å²) in [6.45, 7) is 0.959. The molecule has 2 aromatic carbocycles. The predicted molar refractivity (Wildman–Crippen MR) is 115 cm³/mol. The monoisotopic (exact) mass is 368 g/mol. The maximum absolute atomic E-state index is 4.88. The Kier molecular flexibility index (Phi) is 5.57. The second kappa shape index (κ2) is 8.61. The molecular formula is C24H24N4. The molecule has 140 valence electrons. The largest absolute Gasteiger partial charge is 0.359 e. The highest BCUT2D eigenvalue weighted by atomic mass is 15.2. The number of pyridine rings is 1. The highest BCUT2D eigenvalue weighted by Crippen LogP contribution is 2.26. The van der Waals surface area contributed by atoms with E-state index in [0.717, 1.165) is 53.9 Å². The maximum Gasteiger partial charge on any atom is 0.163 e. The van der Waals surface area contributed by atoms with E-state index in [1.807, 2.05) is 36.5 Å². The Hall–Kier alpha value is -3.27. The molecule has 4 nitrogen and oxygen atoms in total. The van der Waals surface area contributed by atoms with Gasteiger partial charge in [0.25, 0.3) is 0 Å². The first-order valence-electron chi connectivity index (χ1n) is 9.73. The fourth-order valence-electron chi connectivity index (χ4n) is 3.40. The van der Waals surface area contributed by atoms with Crippen molar-refractivity contribution in [2.24, 2.45) is 0 Å². The van der Waals surface area contributed by atoms with E-state index in [2.05, 4.69) is 53.3 Å². The lowest BCUT2D eigenvalue weighted by Crippen LogP contribution is -2.20. The lowest BCUT2D eigenvalue weighted by molar-refractivity contribution is 0.716. The molecule has 0 atom stereocenters. The quantitative estimate of drug-likeness (QED) is 0.423. The van der Waals surface area contributed by atoms with Gasteiger partial charge in [0, 0.05) is 36.9 Å². The van der Waals surface area contributed by atoms with Gasteiger partial charge in [0.15, 0.2) is 5.82 Å². The fraction of sp³-hybridized carbons (Fsp3) is 0.208. The molecule has 0 saturated heterocycles. The molecule has 0 radical (unpaired) electrons. The normalized spacial score (nSPS) is 10.9. The van der Waals surface area contributed by atoms with Gasteiger partial charge in [0.05, 0.1) is 5.52 Å². The lowest BCUT2D eigenvalue weighted by atomic mass is 10.1. The Morgan fingerprint density at radius 1 is 0.821 bits per heavy atom. The van der Waals surface area contributed by atoms with Crippen LogP contribution in [0.15, 0.2) is 79.1 Å². The first-order valence-corrected chi connectivity index (χ1v) is 9.73. The topological polar surface area (TPSA) is 41.9 Å². The molecule has 0 aliphatic rings. The summed E-state index contributed by atoms with van der Waals surface area (Å²) in [5.74, 6) is 1.70. The van der Waals surface area contributed by atoms with Crippen molar-refractivity contribution in [3.05, 3.63) is 84.7 Å². The second-order valence-electron chi connectivity index (χ2n) is 6.99. The molecule has 2 heterocycles. The van der Waals surface area contributed by atoms with Gasteiger partial charge >= 0.3 is 0 Å². The third-order valence-corrected chi connectivity index (χ3v) is 4.92. The number of nitrogens with zero attached hydrogens (tertiary/aromatic N) is 4. The highest BCUT2D eigenvalue weighted by Gasteiger charge is 2.12. The number of hydrogen-bond donors (Lipinski definition) is 0. The number of hydrogen-bond acceptors (Lipinski definition) is 4. The summed E-state index contributed by atoms with van der Waals surface area (Å²) in [5.41, 5.74) is 3.30. The molecule has 0 bridgehead atoms. The third-order valence-electron chi connectivity index (χ3n) is 4.92. The summed E-state index contributed by atoms with van der Waals surface area (Å²) in [5, 5.41) is 1.08. The van der Waals surface area contributed by atoms with Crippen LogP contribution in [0.4, 0.5) is 5.82 Å². The van der Waals surface area contributed by atoms with E-state index in [0.29, 0.717) is 0 Å². The van der Waals surface area contributed by atoms with Crippen LogP contribution < -0.4 is 4.90 Å². The SMILES string of the molecule is CN(CCCCc1ccccc1)c1nc(-c2cccnc2)nc2ccccc12. The number of rotatable bonds is 7. The van der Waals surface area contributed by atoms with Crippen molar-refractivity contribution < 1.29 is 0 Å². The summed E-state index contributed by atoms with van der Waals surface area (Å²) in [6.07, 6.45) is 6.97. The molecule has 0 saturated carbocycles. The molecule has 4 rings (SSSR count). The minimum atomic E-state index is 0.720. The minimum absolute atomic E-state index is 0.720. The van der Waals surface area contributed by atoms with E-state index in [1.165, 1.54) is 5.56 Å². The molecule has 4 aromatic rings. The van der Waals surface area contributed by atoms with Gasteiger partial charge in [-0.2, -0.15) is 0 Å². The zero-order valence-corrected chi connectivity index (χ0v) is 16.1. The Bertz CT molecular complexity index is 1030. The zero-order valence-electron chi connectivity index (χ0n) is 16.1. The molecule has 0 amide bonds. The second-order valence-corrected chi connectivity index (χ2v) is 6.99. The molecule has 0 aliphatic heterocycles. The van der Waals surface area contributed by atoms with E-state index in [1.54, 1.807) is 6.20 Å². The van der Waals surface area contributed by atoms with E-state index in [-0.39, 0.29) is 0 Å². The first kappa shape index (κ1) is 18.1. The summed E-state index contributed by atoms with van der Waals surface area (Å²) in [4.78, 5) is 16.1. The van der Waals surface area contributed by atoms with Gasteiger partial charge in [-0.15, -0.1) is 0 Å². The van der Waals surface area contributed by atoms with Crippen LogP contribution in [0.2, 0.25) is 0 Å². The van der Waals surface area contributed by atoms with E-state index in [9.17, 15) is 0 Å². The molecule has 0 spiro atoms. The molecular weight excluding hydrogens is 344 g/mol. The third kappa shape index (κ3) is 4.17. The van der Waals surface area contributed by atoms with Crippen molar-refractivity contribution in [3.63, 3.8) is 0 Å². The van der Waals surface area contributed by atoms with Crippen LogP contribution in [0.1, 0.15) is 18.4 Å². The van der Waals surface area contributed by atoms with Crippen LogP contribution in [-0.4, -0.2) is 28.5 Å². The summed E-state index contributed by atoms with van der Waals surface area (Å²) in [6, 6.07) is 22.8. The summed E-state index contributed by atoms with van der Waals surface area (Å²) in [7, 11) is 2.12. The van der Waals surface area contributed by atoms with Crippen LogP contribution in [0.5, 0.6) is 0 Å². The maximum atomic E-state index is 4.88. The Balaban J connectivity index is 1.53. The molecule has 0 N–H and O–H groups in total.